The standard InChI is InChI=1S/C12H15F3N2O2S2/c1-10-2-4-11(5-3-10)21(18,16-20-12(13,14)15)17-6-8-19-9-7-17/h2-5H,6-9H2,1H3. The molecule has 1 saturated heterocycles. The molecule has 1 unspecified atom stereocenters. The zero-order valence-electron chi connectivity index (χ0n) is 11.3. The third-order valence-corrected chi connectivity index (χ3v) is 6.15. The molecule has 1 aromatic carbocycles. The maximum absolute atomic E-state index is 13.1. The van der Waals surface area contributed by atoms with Crippen LogP contribution in [0.1, 0.15) is 5.56 Å². The van der Waals surface area contributed by atoms with E-state index in [-0.39, 0.29) is 18.0 Å². The molecule has 2 rings (SSSR count). The number of hydrogen-bond donors (Lipinski definition) is 0. The minimum Gasteiger partial charge on any atom is -0.379 e. The Bertz CT molecular complexity index is 590. The summed E-state index contributed by atoms with van der Waals surface area (Å²) in [7, 11) is -3.30. The first-order chi connectivity index (χ1) is 9.81. The summed E-state index contributed by atoms with van der Waals surface area (Å²) in [5.74, 6) is 0. The van der Waals surface area contributed by atoms with Crippen LogP contribution in [0, 0.1) is 6.92 Å². The molecule has 1 fully saturated rings. The van der Waals surface area contributed by atoms with E-state index in [0.717, 1.165) is 5.56 Å². The number of morpholine rings is 1. The van der Waals surface area contributed by atoms with Crippen LogP contribution in [-0.4, -0.2) is 40.3 Å². The summed E-state index contributed by atoms with van der Waals surface area (Å²) in [5, 5.41) is 0. The highest BCUT2D eigenvalue weighted by Gasteiger charge is 2.32. The summed E-state index contributed by atoms with van der Waals surface area (Å²) in [6, 6.07) is 6.55. The Morgan fingerprint density at radius 1 is 1.24 bits per heavy atom. The largest absolute Gasteiger partial charge is 0.464 e. The summed E-state index contributed by atoms with van der Waals surface area (Å²) in [6.07, 6.45) is 0. The minimum atomic E-state index is -4.56. The lowest BCUT2D eigenvalue weighted by Gasteiger charge is -2.29. The van der Waals surface area contributed by atoms with Gasteiger partial charge >= 0.3 is 5.51 Å². The summed E-state index contributed by atoms with van der Waals surface area (Å²) >= 11 is -0.600. The number of benzene rings is 1. The van der Waals surface area contributed by atoms with Crippen molar-refractivity contribution in [3.63, 3.8) is 0 Å². The summed E-state index contributed by atoms with van der Waals surface area (Å²) < 4.78 is 60.4. The van der Waals surface area contributed by atoms with Crippen LogP contribution in [0.25, 0.3) is 0 Å². The number of hydrogen-bond acceptors (Lipinski definition) is 4. The zero-order valence-corrected chi connectivity index (χ0v) is 12.9. The Balaban J connectivity index is 2.42. The van der Waals surface area contributed by atoms with Crippen LogP contribution < -0.4 is 0 Å². The molecule has 1 aliphatic rings. The van der Waals surface area contributed by atoms with E-state index < -0.39 is 27.4 Å². The summed E-state index contributed by atoms with van der Waals surface area (Å²) in [5.41, 5.74) is -3.62. The fourth-order valence-electron chi connectivity index (χ4n) is 1.84. The van der Waals surface area contributed by atoms with Gasteiger partial charge in [-0.15, -0.1) is 3.77 Å². The normalized spacial score (nSPS) is 20.0. The van der Waals surface area contributed by atoms with E-state index in [0.29, 0.717) is 13.2 Å². The van der Waals surface area contributed by atoms with E-state index in [9.17, 15) is 17.4 Å². The van der Waals surface area contributed by atoms with Crippen LogP contribution in [0.15, 0.2) is 32.9 Å². The van der Waals surface area contributed by atoms with Gasteiger partial charge in [-0.3, -0.25) is 0 Å². The molecule has 0 saturated carbocycles. The van der Waals surface area contributed by atoms with E-state index in [1.165, 1.54) is 4.31 Å². The van der Waals surface area contributed by atoms with Gasteiger partial charge in [-0.1, -0.05) is 17.7 Å². The molecule has 0 amide bonds. The van der Waals surface area contributed by atoms with Crippen molar-refractivity contribution in [2.45, 2.75) is 17.3 Å². The number of aryl methyl sites for hydroxylation is 1. The predicted molar refractivity (Wildman–Crippen MR) is 76.1 cm³/mol. The molecule has 0 radical (unpaired) electrons. The lowest BCUT2D eigenvalue weighted by Crippen LogP contribution is -2.40. The van der Waals surface area contributed by atoms with Crippen molar-refractivity contribution in [2.75, 3.05) is 26.3 Å². The second-order valence-electron chi connectivity index (χ2n) is 4.46. The van der Waals surface area contributed by atoms with Crippen LogP contribution in [0.2, 0.25) is 0 Å². The molecule has 0 aliphatic carbocycles. The zero-order chi connectivity index (χ0) is 15.5. The van der Waals surface area contributed by atoms with Gasteiger partial charge in [0.25, 0.3) is 0 Å². The number of halogens is 3. The van der Waals surface area contributed by atoms with Gasteiger partial charge in [0.2, 0.25) is 0 Å². The highest BCUT2D eigenvalue weighted by molar-refractivity contribution is 8.07. The van der Waals surface area contributed by atoms with Gasteiger partial charge in [-0.25, -0.2) is 8.51 Å². The lowest BCUT2D eigenvalue weighted by atomic mass is 10.2. The first kappa shape index (κ1) is 16.6. The Morgan fingerprint density at radius 2 is 1.81 bits per heavy atom. The summed E-state index contributed by atoms with van der Waals surface area (Å²) in [6.45, 7) is 3.08. The fourth-order valence-corrected chi connectivity index (χ4v) is 4.74. The molecule has 0 spiro atoms. The quantitative estimate of drug-likeness (QED) is 0.793. The monoisotopic (exact) mass is 340 g/mol. The number of rotatable bonds is 3. The van der Waals surface area contributed by atoms with Crippen LogP contribution in [0.5, 0.6) is 0 Å². The molecule has 0 bridgehead atoms. The molecule has 21 heavy (non-hydrogen) atoms. The van der Waals surface area contributed by atoms with Gasteiger partial charge < -0.3 is 4.74 Å². The number of alkyl halides is 3. The first-order valence-corrected chi connectivity index (χ1v) is 8.47. The molecule has 9 heteroatoms. The van der Waals surface area contributed by atoms with Gasteiger partial charge in [-0.2, -0.15) is 13.2 Å². The van der Waals surface area contributed by atoms with Crippen LogP contribution in [0.4, 0.5) is 13.2 Å². The molecule has 1 aromatic rings. The second-order valence-corrected chi connectivity index (χ2v) is 7.69. The molecule has 4 nitrogen and oxygen atoms in total. The second kappa shape index (κ2) is 6.55. The SMILES string of the molecule is Cc1ccc(S(=O)(=NSC(F)(F)F)N2CCOCC2)cc1. The van der Waals surface area contributed by atoms with Crippen molar-refractivity contribution in [3.05, 3.63) is 29.8 Å². The minimum absolute atomic E-state index is 0.284. The van der Waals surface area contributed by atoms with Crippen LogP contribution in [0.3, 0.4) is 0 Å². The van der Waals surface area contributed by atoms with Crippen molar-refractivity contribution in [3.8, 4) is 0 Å². The van der Waals surface area contributed by atoms with E-state index in [1.54, 1.807) is 24.3 Å². The van der Waals surface area contributed by atoms with E-state index in [2.05, 4.69) is 3.77 Å². The highest BCUT2D eigenvalue weighted by atomic mass is 32.3. The first-order valence-electron chi connectivity index (χ1n) is 6.22. The molecule has 0 aromatic heterocycles. The van der Waals surface area contributed by atoms with Crippen molar-refractivity contribution in [2.24, 2.45) is 3.77 Å². The predicted octanol–water partition coefficient (Wildman–Crippen LogP) is 3.24. The molecule has 1 atom stereocenters. The van der Waals surface area contributed by atoms with E-state index in [1.807, 2.05) is 6.92 Å². The third-order valence-electron chi connectivity index (χ3n) is 2.89. The lowest BCUT2D eigenvalue weighted by molar-refractivity contribution is -0.0327. The molecular formula is C12H15F3N2O2S2. The molecule has 118 valence electrons. The Morgan fingerprint density at radius 3 is 2.33 bits per heavy atom. The van der Waals surface area contributed by atoms with Gasteiger partial charge in [0, 0.05) is 13.1 Å². The van der Waals surface area contributed by atoms with Gasteiger partial charge in [0.15, 0.2) is 9.92 Å². The van der Waals surface area contributed by atoms with Gasteiger partial charge in [0.1, 0.15) is 0 Å². The van der Waals surface area contributed by atoms with Crippen molar-refractivity contribution in [1.29, 1.82) is 0 Å². The van der Waals surface area contributed by atoms with E-state index >= 15 is 0 Å². The highest BCUT2D eigenvalue weighted by Crippen LogP contribution is 2.34. The Labute approximate surface area is 126 Å². The summed E-state index contributed by atoms with van der Waals surface area (Å²) in [4.78, 5) is 0.284. The molecule has 1 heterocycles. The molecular weight excluding hydrogens is 325 g/mol. The van der Waals surface area contributed by atoms with Crippen molar-refractivity contribution < 1.29 is 22.1 Å². The maximum Gasteiger partial charge on any atom is 0.464 e. The van der Waals surface area contributed by atoms with Gasteiger partial charge in [-0.05, 0) is 19.1 Å². The van der Waals surface area contributed by atoms with E-state index in [4.69, 9.17) is 4.74 Å². The van der Waals surface area contributed by atoms with Gasteiger partial charge in [0.05, 0.1) is 30.1 Å². The van der Waals surface area contributed by atoms with Crippen molar-refractivity contribution in [1.82, 2.24) is 4.31 Å². The molecule has 0 N–H and O–H groups in total. The van der Waals surface area contributed by atoms with Crippen molar-refractivity contribution >= 4 is 21.9 Å². The average molecular weight is 340 g/mol. The van der Waals surface area contributed by atoms with Crippen LogP contribution >= 0.6 is 11.9 Å². The maximum atomic E-state index is 13.1. The third kappa shape index (κ3) is 4.35. The molecule has 1 aliphatic heterocycles. The van der Waals surface area contributed by atoms with Crippen LogP contribution in [-0.2, 0) is 14.7 Å². The fraction of sp³-hybridized carbons (Fsp3) is 0.500. The average Bonchev–Trinajstić information content (AvgIpc) is 2.46. The Kier molecular flexibility index (Phi) is 5.18. The number of ether oxygens (including phenoxy) is 1. The number of nitrogens with zero attached hydrogens (tertiary/aromatic N) is 2. The topological polar surface area (TPSA) is 41.9 Å². The smallest absolute Gasteiger partial charge is 0.379 e. The Hall–Kier alpha value is -0.770.